The van der Waals surface area contributed by atoms with E-state index in [1.54, 1.807) is 0 Å². The van der Waals surface area contributed by atoms with Gasteiger partial charge >= 0.3 is 0 Å². The predicted molar refractivity (Wildman–Crippen MR) is 90.3 cm³/mol. The third-order valence-electron chi connectivity index (χ3n) is 3.35. The van der Waals surface area contributed by atoms with Gasteiger partial charge in [-0.3, -0.25) is 0 Å². The molecule has 0 N–H and O–H groups in total. The fourth-order valence-electron chi connectivity index (χ4n) is 2.86. The minimum atomic E-state index is -0.384. The summed E-state index contributed by atoms with van der Waals surface area (Å²) in [4.78, 5) is 0. The van der Waals surface area contributed by atoms with E-state index in [1.807, 2.05) is 19.1 Å². The zero-order valence-electron chi connectivity index (χ0n) is 14.2. The maximum atomic E-state index is 5.82. The van der Waals surface area contributed by atoms with E-state index < -0.39 is 0 Å². The number of rotatable bonds is 7. The SMILES string of the molecule is CCOC(CCl)Oc1ccc(C(C)(C)CC(C)(C)C)cc1. The molecule has 21 heavy (non-hydrogen) atoms. The number of halogens is 1. The molecular formula is C18H29ClO2. The van der Waals surface area contributed by atoms with Gasteiger partial charge in [0.05, 0.1) is 5.88 Å². The van der Waals surface area contributed by atoms with Crippen molar-refractivity contribution in [2.24, 2.45) is 5.41 Å². The van der Waals surface area contributed by atoms with Gasteiger partial charge in [-0.15, -0.1) is 11.6 Å². The summed E-state index contributed by atoms with van der Waals surface area (Å²) < 4.78 is 11.1. The average molecular weight is 313 g/mol. The van der Waals surface area contributed by atoms with Gasteiger partial charge in [0.2, 0.25) is 6.29 Å². The molecule has 0 aliphatic carbocycles. The van der Waals surface area contributed by atoms with Crippen LogP contribution >= 0.6 is 11.6 Å². The van der Waals surface area contributed by atoms with Gasteiger partial charge < -0.3 is 9.47 Å². The first-order valence-electron chi connectivity index (χ1n) is 7.63. The van der Waals surface area contributed by atoms with Crippen molar-refractivity contribution in [1.29, 1.82) is 0 Å². The van der Waals surface area contributed by atoms with Crippen molar-refractivity contribution >= 4 is 11.6 Å². The first kappa shape index (κ1) is 18.3. The summed E-state index contributed by atoms with van der Waals surface area (Å²) in [6.07, 6.45) is 0.744. The molecule has 1 atom stereocenters. The van der Waals surface area contributed by atoms with Gasteiger partial charge in [-0.1, -0.05) is 46.8 Å². The number of hydrogen-bond donors (Lipinski definition) is 0. The molecule has 0 saturated heterocycles. The van der Waals surface area contributed by atoms with Crippen LogP contribution in [0.15, 0.2) is 24.3 Å². The zero-order chi connectivity index (χ0) is 16.1. The number of benzene rings is 1. The van der Waals surface area contributed by atoms with Crippen molar-refractivity contribution < 1.29 is 9.47 Å². The Bertz CT molecular complexity index is 418. The van der Waals surface area contributed by atoms with Gasteiger partial charge in [-0.05, 0) is 41.9 Å². The van der Waals surface area contributed by atoms with E-state index in [0.29, 0.717) is 17.9 Å². The van der Waals surface area contributed by atoms with Crippen molar-refractivity contribution in [2.75, 3.05) is 12.5 Å². The van der Waals surface area contributed by atoms with E-state index in [1.165, 1.54) is 5.56 Å². The van der Waals surface area contributed by atoms with E-state index in [0.717, 1.165) is 12.2 Å². The normalized spacial score (nSPS) is 14.0. The lowest BCUT2D eigenvalue weighted by molar-refractivity contribution is -0.0587. The van der Waals surface area contributed by atoms with Crippen molar-refractivity contribution in [1.82, 2.24) is 0 Å². The van der Waals surface area contributed by atoms with Crippen molar-refractivity contribution in [2.45, 2.75) is 59.7 Å². The molecule has 0 aliphatic rings. The van der Waals surface area contributed by atoms with Gasteiger partial charge in [0.1, 0.15) is 5.75 Å². The van der Waals surface area contributed by atoms with Gasteiger partial charge in [0.25, 0.3) is 0 Å². The van der Waals surface area contributed by atoms with Crippen LogP contribution in [0.1, 0.15) is 53.5 Å². The van der Waals surface area contributed by atoms with Crippen LogP contribution in [0.25, 0.3) is 0 Å². The van der Waals surface area contributed by atoms with E-state index >= 15 is 0 Å². The summed E-state index contributed by atoms with van der Waals surface area (Å²) in [6.45, 7) is 13.9. The second-order valence-corrected chi connectivity index (χ2v) is 7.61. The Morgan fingerprint density at radius 2 is 1.62 bits per heavy atom. The molecule has 120 valence electrons. The quantitative estimate of drug-likeness (QED) is 0.497. The molecule has 0 aliphatic heterocycles. The maximum absolute atomic E-state index is 5.82. The lowest BCUT2D eigenvalue weighted by Gasteiger charge is -2.33. The minimum absolute atomic E-state index is 0.141. The lowest BCUT2D eigenvalue weighted by Crippen LogP contribution is -2.25. The molecule has 1 rings (SSSR count). The highest BCUT2D eigenvalue weighted by atomic mass is 35.5. The Labute approximate surface area is 134 Å². The fourth-order valence-corrected chi connectivity index (χ4v) is 3.01. The predicted octanol–water partition coefficient (Wildman–Crippen LogP) is 5.38. The highest BCUT2D eigenvalue weighted by Crippen LogP contribution is 2.36. The molecule has 0 fully saturated rings. The second kappa shape index (κ2) is 7.51. The van der Waals surface area contributed by atoms with Crippen LogP contribution in [0.5, 0.6) is 5.75 Å². The molecule has 1 aromatic rings. The van der Waals surface area contributed by atoms with Crippen molar-refractivity contribution in [3.05, 3.63) is 29.8 Å². The van der Waals surface area contributed by atoms with Gasteiger partial charge in [-0.2, -0.15) is 0 Å². The van der Waals surface area contributed by atoms with Crippen LogP contribution in [-0.4, -0.2) is 18.8 Å². The molecule has 1 unspecified atom stereocenters. The summed E-state index contributed by atoms with van der Waals surface area (Å²) in [6, 6.07) is 8.27. The third-order valence-corrected chi connectivity index (χ3v) is 3.61. The van der Waals surface area contributed by atoms with Crippen LogP contribution in [-0.2, 0) is 10.2 Å². The molecule has 0 heterocycles. The highest BCUT2D eigenvalue weighted by molar-refractivity contribution is 6.18. The molecule has 0 bridgehead atoms. The lowest BCUT2D eigenvalue weighted by atomic mass is 9.72. The second-order valence-electron chi connectivity index (χ2n) is 7.30. The summed E-state index contributed by atoms with van der Waals surface area (Å²) in [5.74, 6) is 1.12. The van der Waals surface area contributed by atoms with Gasteiger partial charge in [0, 0.05) is 6.61 Å². The summed E-state index contributed by atoms with van der Waals surface area (Å²) >= 11 is 5.82. The Morgan fingerprint density at radius 3 is 2.05 bits per heavy atom. The van der Waals surface area contributed by atoms with Crippen LogP contribution < -0.4 is 4.74 Å². The maximum Gasteiger partial charge on any atom is 0.213 e. The van der Waals surface area contributed by atoms with Crippen LogP contribution in [0.3, 0.4) is 0 Å². The Morgan fingerprint density at radius 1 is 1.05 bits per heavy atom. The fraction of sp³-hybridized carbons (Fsp3) is 0.667. The molecule has 2 nitrogen and oxygen atoms in total. The molecule has 0 aromatic heterocycles. The van der Waals surface area contributed by atoms with E-state index in [9.17, 15) is 0 Å². The monoisotopic (exact) mass is 312 g/mol. The van der Waals surface area contributed by atoms with E-state index in [2.05, 4.69) is 46.8 Å². The average Bonchev–Trinajstić information content (AvgIpc) is 2.36. The molecule has 0 saturated carbocycles. The first-order chi connectivity index (χ1) is 9.68. The largest absolute Gasteiger partial charge is 0.464 e. The topological polar surface area (TPSA) is 18.5 Å². The van der Waals surface area contributed by atoms with Crippen molar-refractivity contribution in [3.63, 3.8) is 0 Å². The Hall–Kier alpha value is -0.730. The molecule has 0 amide bonds. The molecular weight excluding hydrogens is 284 g/mol. The van der Waals surface area contributed by atoms with Crippen LogP contribution in [0, 0.1) is 5.41 Å². The standard InChI is InChI=1S/C18H29ClO2/c1-7-20-16(12-19)21-15-10-8-14(9-11-15)18(5,6)13-17(2,3)4/h8-11,16H,7,12-13H2,1-6H3. The highest BCUT2D eigenvalue weighted by Gasteiger charge is 2.27. The van der Waals surface area contributed by atoms with E-state index in [-0.39, 0.29) is 11.7 Å². The van der Waals surface area contributed by atoms with Crippen LogP contribution in [0.4, 0.5) is 0 Å². The van der Waals surface area contributed by atoms with Gasteiger partial charge in [-0.25, -0.2) is 0 Å². The van der Waals surface area contributed by atoms with Crippen molar-refractivity contribution in [3.8, 4) is 5.75 Å². The molecule has 0 radical (unpaired) electrons. The number of ether oxygens (including phenoxy) is 2. The summed E-state index contributed by atoms with van der Waals surface area (Å²) in [7, 11) is 0. The van der Waals surface area contributed by atoms with Gasteiger partial charge in [0.15, 0.2) is 0 Å². The molecule has 3 heteroatoms. The smallest absolute Gasteiger partial charge is 0.213 e. The summed E-state index contributed by atoms with van der Waals surface area (Å²) in [5.41, 5.74) is 1.77. The van der Waals surface area contributed by atoms with E-state index in [4.69, 9.17) is 21.1 Å². The zero-order valence-corrected chi connectivity index (χ0v) is 15.0. The summed E-state index contributed by atoms with van der Waals surface area (Å²) in [5, 5.41) is 0. The Kier molecular flexibility index (Phi) is 6.55. The molecule has 1 aromatic carbocycles. The molecule has 0 spiro atoms. The first-order valence-corrected chi connectivity index (χ1v) is 8.16. The minimum Gasteiger partial charge on any atom is -0.464 e. The third kappa shape index (κ3) is 6.27. The Balaban J connectivity index is 2.77. The van der Waals surface area contributed by atoms with Crippen LogP contribution in [0.2, 0.25) is 0 Å². The number of alkyl halides is 1. The number of hydrogen-bond acceptors (Lipinski definition) is 2.